The third-order valence-corrected chi connectivity index (χ3v) is 7.39. The Labute approximate surface area is 254 Å². The van der Waals surface area contributed by atoms with Crippen molar-refractivity contribution in [2.45, 2.75) is 78.1 Å². The molecule has 2 nitrogen and oxygen atoms in total. The SMILES string of the molecule is [C-]#[N+]c1cc(/C=C/C=C/c2ccc(CCCCCC)cc2)c(C#N)cc1/C=C/C=C/c1ccc(CCCCCC)cc1. The second-order valence-corrected chi connectivity index (χ2v) is 10.8. The van der Waals surface area contributed by atoms with Gasteiger partial charge in [-0.25, -0.2) is 4.85 Å². The van der Waals surface area contributed by atoms with Crippen molar-refractivity contribution in [1.82, 2.24) is 0 Å². The lowest BCUT2D eigenvalue weighted by molar-refractivity contribution is 0.667. The lowest BCUT2D eigenvalue weighted by Crippen LogP contribution is -1.86. The number of hydrogen-bond acceptors (Lipinski definition) is 1. The Morgan fingerprint density at radius 3 is 1.55 bits per heavy atom. The van der Waals surface area contributed by atoms with Crippen LogP contribution in [0.4, 0.5) is 5.69 Å². The van der Waals surface area contributed by atoms with Crippen LogP contribution in [0.5, 0.6) is 0 Å². The summed E-state index contributed by atoms with van der Waals surface area (Å²) in [6.07, 6.45) is 28.2. The van der Waals surface area contributed by atoms with E-state index in [0.29, 0.717) is 11.3 Å². The van der Waals surface area contributed by atoms with Crippen molar-refractivity contribution in [3.63, 3.8) is 0 Å². The second kappa shape index (κ2) is 18.9. The predicted molar refractivity (Wildman–Crippen MR) is 182 cm³/mol. The van der Waals surface area contributed by atoms with Gasteiger partial charge in [-0.05, 0) is 71.2 Å². The summed E-state index contributed by atoms with van der Waals surface area (Å²) in [6, 6.07) is 23.3. The zero-order valence-corrected chi connectivity index (χ0v) is 25.4. The molecule has 0 aromatic heterocycles. The molecule has 0 bridgehead atoms. The Bertz CT molecular complexity index is 1320. The highest BCUT2D eigenvalue weighted by Gasteiger charge is 2.06. The van der Waals surface area contributed by atoms with Gasteiger partial charge in [-0.2, -0.15) is 5.26 Å². The first-order chi connectivity index (χ1) is 20.7. The first-order valence-corrected chi connectivity index (χ1v) is 15.5. The molecule has 0 fully saturated rings. The van der Waals surface area contributed by atoms with Gasteiger partial charge in [-0.1, -0.05) is 150 Å². The maximum absolute atomic E-state index is 9.76. The van der Waals surface area contributed by atoms with Crippen LogP contribution in [0.3, 0.4) is 0 Å². The number of hydrogen-bond donors (Lipinski definition) is 0. The summed E-state index contributed by atoms with van der Waals surface area (Å²) in [5.74, 6) is 0. The number of aryl methyl sites for hydroxylation is 2. The summed E-state index contributed by atoms with van der Waals surface area (Å²) in [5.41, 5.74) is 7.64. The topological polar surface area (TPSA) is 28.1 Å². The average Bonchev–Trinajstić information content (AvgIpc) is 3.03. The fraction of sp³-hybridized carbons (Fsp3) is 0.300. The van der Waals surface area contributed by atoms with Crippen molar-refractivity contribution in [3.05, 3.63) is 135 Å². The third-order valence-electron chi connectivity index (χ3n) is 7.39. The van der Waals surface area contributed by atoms with Gasteiger partial charge in [0.2, 0.25) is 0 Å². The minimum atomic E-state index is 0.532. The molecule has 42 heavy (non-hydrogen) atoms. The van der Waals surface area contributed by atoms with E-state index < -0.39 is 0 Å². The number of benzene rings is 3. The molecular weight excluding hydrogens is 508 g/mol. The van der Waals surface area contributed by atoms with E-state index in [1.807, 2.05) is 36.5 Å². The van der Waals surface area contributed by atoms with Crippen LogP contribution in [-0.4, -0.2) is 0 Å². The Balaban J connectivity index is 1.59. The summed E-state index contributed by atoms with van der Waals surface area (Å²) >= 11 is 0. The van der Waals surface area contributed by atoms with E-state index in [-0.39, 0.29) is 0 Å². The Hall–Kier alpha value is -4.40. The van der Waals surface area contributed by atoms with Crippen molar-refractivity contribution < 1.29 is 0 Å². The fourth-order valence-corrected chi connectivity index (χ4v) is 4.84. The standard InChI is InChI=1S/C40H44N2/c1-4-6-8-10-16-33-22-26-35(27-23-33)18-12-14-20-37-31-40(42-3)38(30-39(37)32-41)21-15-13-19-36-28-24-34(25-29-36)17-11-9-7-5-2/h12-15,18-31H,4-11,16-17H2,1-2H3/b18-12+,19-13+,20-14+,21-15+. The summed E-state index contributed by atoms with van der Waals surface area (Å²) < 4.78 is 0. The number of rotatable bonds is 16. The normalized spacial score (nSPS) is 11.6. The van der Waals surface area contributed by atoms with Crippen molar-refractivity contribution in [2.24, 2.45) is 0 Å². The molecule has 0 atom stereocenters. The molecule has 3 aromatic rings. The van der Waals surface area contributed by atoms with Crippen molar-refractivity contribution in [3.8, 4) is 6.07 Å². The van der Waals surface area contributed by atoms with Gasteiger partial charge in [-0.3, -0.25) is 0 Å². The first-order valence-electron chi connectivity index (χ1n) is 15.5. The number of allylic oxidation sites excluding steroid dienone is 4. The molecule has 0 heterocycles. The van der Waals surface area contributed by atoms with Gasteiger partial charge in [0.1, 0.15) is 0 Å². The lowest BCUT2D eigenvalue weighted by Gasteiger charge is -2.04. The van der Waals surface area contributed by atoms with E-state index in [1.165, 1.54) is 62.5 Å². The van der Waals surface area contributed by atoms with Crippen LogP contribution in [0.1, 0.15) is 104 Å². The summed E-state index contributed by atoms with van der Waals surface area (Å²) in [7, 11) is 0. The van der Waals surface area contributed by atoms with E-state index in [1.54, 1.807) is 12.1 Å². The molecule has 0 N–H and O–H groups in total. The van der Waals surface area contributed by atoms with Gasteiger partial charge in [0.05, 0.1) is 18.2 Å². The molecule has 3 aromatic carbocycles. The van der Waals surface area contributed by atoms with Crippen LogP contribution in [0.15, 0.2) is 85.0 Å². The van der Waals surface area contributed by atoms with Crippen molar-refractivity contribution >= 4 is 30.0 Å². The van der Waals surface area contributed by atoms with Crippen LogP contribution >= 0.6 is 0 Å². The van der Waals surface area contributed by atoms with E-state index in [4.69, 9.17) is 6.57 Å². The maximum Gasteiger partial charge on any atom is 0.194 e. The molecule has 0 aliphatic carbocycles. The molecule has 0 aliphatic heterocycles. The van der Waals surface area contributed by atoms with Gasteiger partial charge in [-0.15, -0.1) is 0 Å². The smallest absolute Gasteiger partial charge is 0.194 e. The Kier molecular flexibility index (Phi) is 14.4. The molecule has 3 rings (SSSR count). The van der Waals surface area contributed by atoms with Gasteiger partial charge < -0.3 is 0 Å². The quantitative estimate of drug-likeness (QED) is 0.0986. The average molecular weight is 553 g/mol. The van der Waals surface area contributed by atoms with E-state index in [0.717, 1.165) is 35.1 Å². The molecule has 0 spiro atoms. The van der Waals surface area contributed by atoms with E-state index >= 15 is 0 Å². The van der Waals surface area contributed by atoms with Crippen LogP contribution in [0.25, 0.3) is 29.1 Å². The minimum Gasteiger partial charge on any atom is -0.238 e. The molecule has 0 amide bonds. The molecule has 0 saturated heterocycles. The zero-order valence-electron chi connectivity index (χ0n) is 25.4. The number of nitrogens with zero attached hydrogens (tertiary/aromatic N) is 2. The highest BCUT2D eigenvalue weighted by Crippen LogP contribution is 2.27. The van der Waals surface area contributed by atoms with Crippen molar-refractivity contribution in [1.29, 1.82) is 5.26 Å². The first kappa shape index (κ1) is 32.1. The molecule has 0 unspecified atom stereocenters. The summed E-state index contributed by atoms with van der Waals surface area (Å²) in [4.78, 5) is 3.72. The van der Waals surface area contributed by atoms with Gasteiger partial charge in [0, 0.05) is 0 Å². The summed E-state index contributed by atoms with van der Waals surface area (Å²) in [5, 5.41) is 9.76. The third kappa shape index (κ3) is 11.2. The van der Waals surface area contributed by atoms with Gasteiger partial charge >= 0.3 is 0 Å². The second-order valence-electron chi connectivity index (χ2n) is 10.8. The largest absolute Gasteiger partial charge is 0.238 e. The van der Waals surface area contributed by atoms with E-state index in [2.05, 4.69) is 85.4 Å². The molecule has 0 radical (unpaired) electrons. The highest BCUT2D eigenvalue weighted by molar-refractivity contribution is 5.76. The van der Waals surface area contributed by atoms with Crippen LogP contribution < -0.4 is 0 Å². The van der Waals surface area contributed by atoms with Crippen LogP contribution in [0.2, 0.25) is 0 Å². The van der Waals surface area contributed by atoms with Gasteiger partial charge in [0.25, 0.3) is 0 Å². The maximum atomic E-state index is 9.76. The van der Waals surface area contributed by atoms with Crippen LogP contribution in [-0.2, 0) is 12.8 Å². The highest BCUT2D eigenvalue weighted by atomic mass is 14.6. The van der Waals surface area contributed by atoms with E-state index in [9.17, 15) is 5.26 Å². The van der Waals surface area contributed by atoms with Gasteiger partial charge in [0.15, 0.2) is 5.69 Å². The van der Waals surface area contributed by atoms with Crippen LogP contribution in [0, 0.1) is 17.9 Å². The predicted octanol–water partition coefficient (Wildman–Crippen LogP) is 11.8. The molecule has 2 heteroatoms. The summed E-state index contributed by atoms with van der Waals surface area (Å²) in [6.45, 7) is 12.2. The molecule has 0 saturated carbocycles. The molecule has 0 aliphatic rings. The molecule has 214 valence electrons. The number of unbranched alkanes of at least 4 members (excludes halogenated alkanes) is 6. The fourth-order valence-electron chi connectivity index (χ4n) is 4.84. The lowest BCUT2D eigenvalue weighted by atomic mass is 10.0. The molecular formula is C40H44N2. The monoisotopic (exact) mass is 552 g/mol. The number of nitriles is 1. The minimum absolute atomic E-state index is 0.532. The Morgan fingerprint density at radius 1 is 0.619 bits per heavy atom. The zero-order chi connectivity index (χ0) is 29.8. The van der Waals surface area contributed by atoms with Crippen molar-refractivity contribution in [2.75, 3.05) is 0 Å². The Morgan fingerprint density at radius 2 is 1.10 bits per heavy atom.